The lowest BCUT2D eigenvalue weighted by Crippen LogP contribution is -2.34. The number of para-hydroxylation sites is 1. The summed E-state index contributed by atoms with van der Waals surface area (Å²) in [6.07, 6.45) is 1.67. The average molecular weight is 260 g/mol. The quantitative estimate of drug-likeness (QED) is 0.880. The van der Waals surface area contributed by atoms with Crippen molar-refractivity contribution >= 4 is 22.8 Å². The van der Waals surface area contributed by atoms with E-state index in [0.717, 1.165) is 10.9 Å². The first kappa shape index (κ1) is 13.1. The molecule has 5 nitrogen and oxygen atoms in total. The van der Waals surface area contributed by atoms with Gasteiger partial charge in [-0.15, -0.1) is 0 Å². The molecule has 0 spiro atoms. The molecule has 2 rings (SSSR count). The number of benzene rings is 1. The van der Waals surface area contributed by atoms with E-state index in [0.29, 0.717) is 5.56 Å². The van der Waals surface area contributed by atoms with Crippen molar-refractivity contribution in [3.8, 4) is 0 Å². The number of hydrogen-bond acceptors (Lipinski definition) is 2. The van der Waals surface area contributed by atoms with Crippen LogP contribution in [-0.4, -0.2) is 27.6 Å². The van der Waals surface area contributed by atoms with E-state index in [1.54, 1.807) is 13.1 Å². The Morgan fingerprint density at radius 2 is 2.05 bits per heavy atom. The van der Waals surface area contributed by atoms with Crippen molar-refractivity contribution in [3.63, 3.8) is 0 Å². The highest BCUT2D eigenvalue weighted by molar-refractivity contribution is 6.07. The Labute approximate surface area is 110 Å². The highest BCUT2D eigenvalue weighted by atomic mass is 16.4. The molecule has 0 radical (unpaired) electrons. The number of nitrogens with zero attached hydrogens (tertiary/aromatic N) is 1. The summed E-state index contributed by atoms with van der Waals surface area (Å²) in [7, 11) is 1.87. The van der Waals surface area contributed by atoms with Crippen molar-refractivity contribution in [1.29, 1.82) is 0 Å². The lowest BCUT2D eigenvalue weighted by atomic mass is 10.1. The maximum absolute atomic E-state index is 12.1. The number of carbonyl (C=O) groups excluding carboxylic acids is 1. The number of nitrogens with one attached hydrogen (secondary N) is 1. The second-order valence-corrected chi connectivity index (χ2v) is 4.64. The van der Waals surface area contributed by atoms with Gasteiger partial charge in [-0.2, -0.15) is 0 Å². The monoisotopic (exact) mass is 260 g/mol. The summed E-state index contributed by atoms with van der Waals surface area (Å²) in [4.78, 5) is 22.7. The third-order valence-corrected chi connectivity index (χ3v) is 3.00. The van der Waals surface area contributed by atoms with E-state index in [4.69, 9.17) is 5.11 Å². The summed E-state index contributed by atoms with van der Waals surface area (Å²) in [5.41, 5.74) is 1.54. The van der Waals surface area contributed by atoms with E-state index in [9.17, 15) is 9.59 Å². The maximum atomic E-state index is 12.1. The number of carboxylic acids is 1. The third-order valence-electron chi connectivity index (χ3n) is 3.00. The van der Waals surface area contributed by atoms with Crippen LogP contribution >= 0.6 is 0 Å². The number of aryl methyl sites for hydroxylation is 1. The van der Waals surface area contributed by atoms with Gasteiger partial charge < -0.3 is 15.0 Å². The first-order chi connectivity index (χ1) is 8.99. The Bertz CT molecular complexity index is 631. The van der Waals surface area contributed by atoms with Crippen LogP contribution in [0.5, 0.6) is 0 Å². The Morgan fingerprint density at radius 1 is 1.37 bits per heavy atom. The minimum absolute atomic E-state index is 0.0868. The Morgan fingerprint density at radius 3 is 2.74 bits per heavy atom. The number of carbonyl (C=O) groups is 2. The molecular weight excluding hydrogens is 244 g/mol. The van der Waals surface area contributed by atoms with Crippen molar-refractivity contribution < 1.29 is 14.7 Å². The van der Waals surface area contributed by atoms with Crippen molar-refractivity contribution in [3.05, 3.63) is 36.0 Å². The fraction of sp³-hybridized carbons (Fsp3) is 0.286. The number of rotatable bonds is 4. The zero-order valence-corrected chi connectivity index (χ0v) is 10.9. The number of carboxylic acid groups (broad SMARTS) is 1. The normalized spacial score (nSPS) is 12.3. The molecule has 0 bridgehead atoms. The topological polar surface area (TPSA) is 71.3 Å². The predicted molar refractivity (Wildman–Crippen MR) is 72.1 cm³/mol. The number of aliphatic carboxylic acids is 1. The molecule has 0 saturated carbocycles. The Kier molecular flexibility index (Phi) is 3.55. The molecule has 1 heterocycles. The van der Waals surface area contributed by atoms with Gasteiger partial charge in [0, 0.05) is 30.2 Å². The van der Waals surface area contributed by atoms with Crippen LogP contribution in [0.3, 0.4) is 0 Å². The van der Waals surface area contributed by atoms with Crippen LogP contribution in [0.25, 0.3) is 10.9 Å². The molecule has 1 aromatic carbocycles. The summed E-state index contributed by atoms with van der Waals surface area (Å²) in [6.45, 7) is 1.68. The van der Waals surface area contributed by atoms with Crippen LogP contribution in [-0.2, 0) is 11.8 Å². The molecule has 0 aliphatic rings. The fourth-order valence-electron chi connectivity index (χ4n) is 2.14. The largest absolute Gasteiger partial charge is 0.481 e. The molecule has 1 aromatic heterocycles. The number of amides is 1. The van der Waals surface area contributed by atoms with E-state index < -0.39 is 12.0 Å². The zero-order valence-electron chi connectivity index (χ0n) is 10.9. The minimum Gasteiger partial charge on any atom is -0.481 e. The SMILES string of the molecule is CC(CC(=O)O)NC(=O)c1cn(C)c2ccccc12. The smallest absolute Gasteiger partial charge is 0.305 e. The third kappa shape index (κ3) is 2.76. The van der Waals surface area contributed by atoms with Gasteiger partial charge in [0.25, 0.3) is 5.91 Å². The Balaban J connectivity index is 2.25. The van der Waals surface area contributed by atoms with Gasteiger partial charge in [-0.05, 0) is 13.0 Å². The van der Waals surface area contributed by atoms with Crippen LogP contribution in [0.4, 0.5) is 0 Å². The Hall–Kier alpha value is -2.30. The van der Waals surface area contributed by atoms with Crippen LogP contribution in [0.2, 0.25) is 0 Å². The van der Waals surface area contributed by atoms with E-state index in [-0.39, 0.29) is 12.3 Å². The lowest BCUT2D eigenvalue weighted by molar-refractivity contribution is -0.137. The molecule has 1 amide bonds. The average Bonchev–Trinajstić information content (AvgIpc) is 2.66. The van der Waals surface area contributed by atoms with Crippen LogP contribution in [0, 0.1) is 0 Å². The van der Waals surface area contributed by atoms with Gasteiger partial charge in [0.1, 0.15) is 0 Å². The van der Waals surface area contributed by atoms with Gasteiger partial charge in [-0.1, -0.05) is 18.2 Å². The number of hydrogen-bond donors (Lipinski definition) is 2. The molecule has 5 heteroatoms. The molecule has 0 aliphatic heterocycles. The molecule has 2 aromatic rings. The van der Waals surface area contributed by atoms with E-state index in [2.05, 4.69) is 5.32 Å². The predicted octanol–water partition coefficient (Wildman–Crippen LogP) is 1.77. The highest BCUT2D eigenvalue weighted by Crippen LogP contribution is 2.20. The summed E-state index contributed by atoms with van der Waals surface area (Å²) in [6, 6.07) is 7.21. The van der Waals surface area contributed by atoms with Gasteiger partial charge in [0.15, 0.2) is 0 Å². The van der Waals surface area contributed by atoms with Crippen LogP contribution in [0.1, 0.15) is 23.7 Å². The number of fused-ring (bicyclic) bond motifs is 1. The minimum atomic E-state index is -0.925. The van der Waals surface area contributed by atoms with Gasteiger partial charge in [0.2, 0.25) is 0 Å². The molecule has 1 atom stereocenters. The summed E-state index contributed by atoms with van der Waals surface area (Å²) in [5, 5.41) is 12.3. The molecular formula is C14H16N2O3. The molecule has 19 heavy (non-hydrogen) atoms. The molecule has 100 valence electrons. The van der Waals surface area contributed by atoms with Gasteiger partial charge in [-0.3, -0.25) is 9.59 Å². The molecule has 1 unspecified atom stereocenters. The molecule has 0 saturated heterocycles. The summed E-state index contributed by atoms with van der Waals surface area (Å²) >= 11 is 0. The van der Waals surface area contributed by atoms with Gasteiger partial charge in [-0.25, -0.2) is 0 Å². The van der Waals surface area contributed by atoms with Crippen LogP contribution in [0.15, 0.2) is 30.5 Å². The van der Waals surface area contributed by atoms with Crippen molar-refractivity contribution in [1.82, 2.24) is 9.88 Å². The standard InChI is InChI=1S/C14H16N2O3/c1-9(7-13(17)18)15-14(19)11-8-16(2)12-6-4-3-5-10(11)12/h3-6,8-9H,7H2,1-2H3,(H,15,19)(H,17,18). The zero-order chi connectivity index (χ0) is 14.0. The van der Waals surface area contributed by atoms with E-state index in [1.165, 1.54) is 0 Å². The van der Waals surface area contributed by atoms with Gasteiger partial charge >= 0.3 is 5.97 Å². The van der Waals surface area contributed by atoms with Crippen molar-refractivity contribution in [2.75, 3.05) is 0 Å². The van der Waals surface area contributed by atoms with Gasteiger partial charge in [0.05, 0.1) is 12.0 Å². The van der Waals surface area contributed by atoms with Crippen molar-refractivity contribution in [2.24, 2.45) is 7.05 Å². The second kappa shape index (κ2) is 5.14. The number of aromatic nitrogens is 1. The summed E-state index contributed by atoms with van der Waals surface area (Å²) < 4.78 is 1.88. The fourth-order valence-corrected chi connectivity index (χ4v) is 2.14. The molecule has 2 N–H and O–H groups in total. The molecule has 0 aliphatic carbocycles. The summed E-state index contributed by atoms with van der Waals surface area (Å²) in [5.74, 6) is -1.17. The maximum Gasteiger partial charge on any atom is 0.305 e. The van der Waals surface area contributed by atoms with E-state index >= 15 is 0 Å². The molecule has 0 fully saturated rings. The van der Waals surface area contributed by atoms with Crippen molar-refractivity contribution in [2.45, 2.75) is 19.4 Å². The first-order valence-electron chi connectivity index (χ1n) is 6.05. The van der Waals surface area contributed by atoms with E-state index in [1.807, 2.05) is 35.9 Å². The first-order valence-corrected chi connectivity index (χ1v) is 6.05. The van der Waals surface area contributed by atoms with Crippen LogP contribution < -0.4 is 5.32 Å². The lowest BCUT2D eigenvalue weighted by Gasteiger charge is -2.10. The second-order valence-electron chi connectivity index (χ2n) is 4.64. The highest BCUT2D eigenvalue weighted by Gasteiger charge is 2.16.